The van der Waals surface area contributed by atoms with Gasteiger partial charge in [0.25, 0.3) is 0 Å². The molecule has 2 rings (SSSR count). The normalized spacial score (nSPS) is 11.1. The Bertz CT molecular complexity index is 1040. The van der Waals surface area contributed by atoms with E-state index in [1.54, 1.807) is 62.4 Å². The van der Waals surface area contributed by atoms with Crippen molar-refractivity contribution in [2.45, 2.75) is 20.3 Å². The van der Waals surface area contributed by atoms with Crippen molar-refractivity contribution in [1.82, 2.24) is 0 Å². The second-order valence-electron chi connectivity index (χ2n) is 6.97. The van der Waals surface area contributed by atoms with Gasteiger partial charge in [-0.05, 0) is 61.4 Å². The lowest BCUT2D eigenvalue weighted by Gasteiger charge is -2.09. The number of ether oxygens (including phenoxy) is 4. The van der Waals surface area contributed by atoms with Gasteiger partial charge >= 0.3 is 11.9 Å². The summed E-state index contributed by atoms with van der Waals surface area (Å²) >= 11 is 0. The van der Waals surface area contributed by atoms with Crippen LogP contribution in [-0.4, -0.2) is 38.4 Å². The molecule has 8 nitrogen and oxygen atoms in total. The molecule has 35 heavy (non-hydrogen) atoms. The van der Waals surface area contributed by atoms with Gasteiger partial charge in [-0.15, -0.1) is 0 Å². The average Bonchev–Trinajstić information content (AvgIpc) is 2.87. The Hall–Kier alpha value is -4.56. The van der Waals surface area contributed by atoms with Gasteiger partial charge < -0.3 is 18.9 Å². The minimum absolute atomic E-state index is 0.0637. The molecule has 0 amide bonds. The van der Waals surface area contributed by atoms with Crippen molar-refractivity contribution in [2.75, 3.05) is 26.4 Å². The maximum Gasteiger partial charge on any atom is 0.348 e. The van der Waals surface area contributed by atoms with Gasteiger partial charge in [0.2, 0.25) is 0 Å². The highest BCUT2D eigenvalue weighted by Gasteiger charge is 2.10. The molecule has 0 radical (unpaired) electrons. The number of esters is 2. The van der Waals surface area contributed by atoms with E-state index in [2.05, 4.69) is 0 Å². The quantitative estimate of drug-likeness (QED) is 0.191. The molecule has 0 aliphatic carbocycles. The summed E-state index contributed by atoms with van der Waals surface area (Å²) in [4.78, 5) is 23.4. The molecule has 0 atom stereocenters. The molecule has 0 spiro atoms. The van der Waals surface area contributed by atoms with E-state index in [4.69, 9.17) is 29.5 Å². The lowest BCUT2D eigenvalue weighted by molar-refractivity contribution is -0.138. The highest BCUT2D eigenvalue weighted by molar-refractivity contribution is 5.98. The van der Waals surface area contributed by atoms with Crippen LogP contribution < -0.4 is 9.47 Å². The molecule has 0 fully saturated rings. The minimum Gasteiger partial charge on any atom is -0.493 e. The first-order valence-corrected chi connectivity index (χ1v) is 11.0. The van der Waals surface area contributed by atoms with E-state index in [9.17, 15) is 9.59 Å². The molecule has 2 aromatic rings. The lowest BCUT2D eigenvalue weighted by atomic mass is 10.1. The van der Waals surface area contributed by atoms with Crippen LogP contribution in [0.2, 0.25) is 0 Å². The van der Waals surface area contributed by atoms with Crippen molar-refractivity contribution in [3.8, 4) is 23.6 Å². The zero-order chi connectivity index (χ0) is 25.5. The Kier molecular flexibility index (Phi) is 11.1. The summed E-state index contributed by atoms with van der Waals surface area (Å²) in [6, 6.07) is 17.7. The lowest BCUT2D eigenvalue weighted by Crippen LogP contribution is -2.06. The standard InChI is InChI=1S/C27H26N2O6/c1-3-32-26(30)22(18-28)16-20-6-10-24(11-7-20)34-14-5-15-35-25-12-8-21(9-13-25)17-23(19-29)27(31)33-4-2/h6-13,16-17H,3-5,14-15H2,1-2H3. The van der Waals surface area contributed by atoms with Crippen LogP contribution in [0.5, 0.6) is 11.5 Å². The third-order valence-corrected chi connectivity index (χ3v) is 4.44. The number of hydrogen-bond donors (Lipinski definition) is 0. The van der Waals surface area contributed by atoms with Crippen molar-refractivity contribution in [1.29, 1.82) is 10.5 Å². The van der Waals surface area contributed by atoms with E-state index < -0.39 is 11.9 Å². The van der Waals surface area contributed by atoms with Crippen LogP contribution >= 0.6 is 0 Å². The number of carbonyl (C=O) groups excluding carboxylic acids is 2. The fraction of sp³-hybridized carbons (Fsp3) is 0.259. The molecule has 0 unspecified atom stereocenters. The summed E-state index contributed by atoms with van der Waals surface area (Å²) in [5.74, 6) is 0.0145. The Balaban J connectivity index is 1.78. The number of nitriles is 2. The van der Waals surface area contributed by atoms with E-state index in [0.717, 1.165) is 0 Å². The van der Waals surface area contributed by atoms with Crippen molar-refractivity contribution in [3.63, 3.8) is 0 Å². The molecule has 2 aromatic carbocycles. The SMILES string of the molecule is CCOC(=O)C(C#N)=Cc1ccc(OCCCOc2ccc(C=C(C#N)C(=O)OCC)cc2)cc1. The molecule has 180 valence electrons. The Morgan fingerprint density at radius 2 is 1.09 bits per heavy atom. The molecule has 0 aliphatic rings. The molecule has 0 aromatic heterocycles. The predicted molar refractivity (Wildman–Crippen MR) is 129 cm³/mol. The molecule has 0 saturated carbocycles. The maximum absolute atomic E-state index is 11.7. The van der Waals surface area contributed by atoms with Crippen LogP contribution in [0.3, 0.4) is 0 Å². The first-order chi connectivity index (χ1) is 17.0. The second-order valence-corrected chi connectivity index (χ2v) is 6.97. The number of carbonyl (C=O) groups is 2. The maximum atomic E-state index is 11.7. The topological polar surface area (TPSA) is 119 Å². The number of nitrogens with zero attached hydrogens (tertiary/aromatic N) is 2. The average molecular weight is 475 g/mol. The van der Waals surface area contributed by atoms with Gasteiger partial charge in [0.15, 0.2) is 0 Å². The minimum atomic E-state index is -0.648. The van der Waals surface area contributed by atoms with Crippen molar-refractivity contribution >= 4 is 24.1 Å². The van der Waals surface area contributed by atoms with Gasteiger partial charge in [-0.25, -0.2) is 9.59 Å². The smallest absolute Gasteiger partial charge is 0.348 e. The van der Waals surface area contributed by atoms with Gasteiger partial charge in [-0.2, -0.15) is 10.5 Å². The summed E-state index contributed by atoms with van der Waals surface area (Å²) in [7, 11) is 0. The third kappa shape index (κ3) is 9.07. The molecule has 0 bridgehead atoms. The predicted octanol–water partition coefficient (Wildman–Crippen LogP) is 4.47. The third-order valence-electron chi connectivity index (χ3n) is 4.44. The fourth-order valence-electron chi connectivity index (χ4n) is 2.78. The van der Waals surface area contributed by atoms with Gasteiger partial charge in [0, 0.05) is 6.42 Å². The van der Waals surface area contributed by atoms with E-state index in [1.807, 2.05) is 12.1 Å². The number of hydrogen-bond acceptors (Lipinski definition) is 8. The van der Waals surface area contributed by atoms with E-state index in [-0.39, 0.29) is 24.4 Å². The van der Waals surface area contributed by atoms with Crippen LogP contribution in [-0.2, 0) is 19.1 Å². The van der Waals surface area contributed by atoms with E-state index in [0.29, 0.717) is 42.3 Å². The van der Waals surface area contributed by atoms with Gasteiger partial charge in [-0.1, -0.05) is 24.3 Å². The Morgan fingerprint density at radius 1 is 0.714 bits per heavy atom. The molecule has 0 N–H and O–H groups in total. The summed E-state index contributed by atoms with van der Waals surface area (Å²) in [6.45, 7) is 4.65. The Morgan fingerprint density at radius 3 is 1.40 bits per heavy atom. The molecule has 0 saturated heterocycles. The van der Waals surface area contributed by atoms with Crippen LogP contribution in [0, 0.1) is 22.7 Å². The molecule has 0 heterocycles. The van der Waals surface area contributed by atoms with Crippen LogP contribution in [0.25, 0.3) is 12.2 Å². The highest BCUT2D eigenvalue weighted by Crippen LogP contribution is 2.17. The molecule has 0 aliphatic heterocycles. The van der Waals surface area contributed by atoms with Crippen LogP contribution in [0.1, 0.15) is 31.4 Å². The van der Waals surface area contributed by atoms with Crippen LogP contribution in [0.15, 0.2) is 59.7 Å². The molecule has 8 heteroatoms. The monoisotopic (exact) mass is 474 g/mol. The van der Waals surface area contributed by atoms with Crippen molar-refractivity contribution < 1.29 is 28.5 Å². The zero-order valence-electron chi connectivity index (χ0n) is 19.7. The summed E-state index contributed by atoms with van der Waals surface area (Å²) in [5, 5.41) is 18.2. The second kappa shape index (κ2) is 14.6. The first-order valence-electron chi connectivity index (χ1n) is 11.0. The summed E-state index contributed by atoms with van der Waals surface area (Å²) in [5.41, 5.74) is 1.25. The summed E-state index contributed by atoms with van der Waals surface area (Å²) in [6.07, 6.45) is 3.58. The molecular formula is C27H26N2O6. The van der Waals surface area contributed by atoms with Gasteiger partial charge in [-0.3, -0.25) is 0 Å². The zero-order valence-corrected chi connectivity index (χ0v) is 19.7. The fourth-order valence-corrected chi connectivity index (χ4v) is 2.78. The highest BCUT2D eigenvalue weighted by atomic mass is 16.5. The van der Waals surface area contributed by atoms with E-state index >= 15 is 0 Å². The first kappa shape index (κ1) is 26.7. The molecular weight excluding hydrogens is 448 g/mol. The van der Waals surface area contributed by atoms with Gasteiger partial charge in [0.05, 0.1) is 26.4 Å². The largest absolute Gasteiger partial charge is 0.493 e. The summed E-state index contributed by atoms with van der Waals surface area (Å²) < 4.78 is 21.1. The van der Waals surface area contributed by atoms with Crippen LogP contribution in [0.4, 0.5) is 0 Å². The number of rotatable bonds is 12. The van der Waals surface area contributed by atoms with Crippen molar-refractivity contribution in [3.05, 3.63) is 70.8 Å². The number of benzene rings is 2. The van der Waals surface area contributed by atoms with E-state index in [1.165, 1.54) is 12.2 Å². The van der Waals surface area contributed by atoms with Gasteiger partial charge in [0.1, 0.15) is 34.8 Å². The van der Waals surface area contributed by atoms with Crippen molar-refractivity contribution in [2.24, 2.45) is 0 Å². The Labute approximate surface area is 204 Å².